The van der Waals surface area contributed by atoms with Crippen LogP contribution in [0.1, 0.15) is 71.6 Å². The molecule has 1 unspecified atom stereocenters. The van der Waals surface area contributed by atoms with Gasteiger partial charge < -0.3 is 20.3 Å². The second kappa shape index (κ2) is 13.7. The van der Waals surface area contributed by atoms with Gasteiger partial charge in [0.15, 0.2) is 5.78 Å². The predicted octanol–water partition coefficient (Wildman–Crippen LogP) is 1.67. The van der Waals surface area contributed by atoms with Crippen molar-refractivity contribution in [2.24, 2.45) is 0 Å². The lowest BCUT2D eigenvalue weighted by Gasteiger charge is -2.18. The number of rotatable bonds is 15. The molecule has 0 aliphatic carbocycles. The Hall–Kier alpha value is -2.45. The second-order valence-electron chi connectivity index (χ2n) is 6.25. The molecule has 27 heavy (non-hydrogen) atoms. The van der Waals surface area contributed by atoms with Crippen molar-refractivity contribution in [2.75, 3.05) is 0 Å². The molecule has 1 atom stereocenters. The maximum atomic E-state index is 12.3. The van der Waals surface area contributed by atoms with E-state index in [1.165, 1.54) is 0 Å². The molecule has 0 aliphatic heterocycles. The summed E-state index contributed by atoms with van der Waals surface area (Å²) < 4.78 is 4.42. The number of carbonyl (C=O) groups is 5. The highest BCUT2D eigenvalue weighted by Crippen LogP contribution is 2.08. The molecule has 0 radical (unpaired) electrons. The Morgan fingerprint density at radius 1 is 0.852 bits per heavy atom. The first-order valence-corrected chi connectivity index (χ1v) is 9.20. The number of hydrogen-bond donors (Lipinski definition) is 3. The zero-order valence-electron chi connectivity index (χ0n) is 15.9. The van der Waals surface area contributed by atoms with Crippen LogP contribution in [0.4, 0.5) is 0 Å². The molecule has 0 bridgehead atoms. The van der Waals surface area contributed by atoms with Gasteiger partial charge in [-0.15, -0.1) is 0 Å². The Morgan fingerprint density at radius 3 is 1.85 bits per heavy atom. The minimum atomic E-state index is -2.35. The first-order chi connectivity index (χ1) is 12.7. The zero-order valence-corrected chi connectivity index (χ0v) is 15.9. The van der Waals surface area contributed by atoms with Crippen LogP contribution in [0.2, 0.25) is 0 Å². The van der Waals surface area contributed by atoms with E-state index in [4.69, 9.17) is 10.2 Å². The summed E-state index contributed by atoms with van der Waals surface area (Å²) in [4.78, 5) is 57.8. The molecule has 0 spiro atoms. The Morgan fingerprint density at radius 2 is 1.37 bits per heavy atom. The van der Waals surface area contributed by atoms with Crippen LogP contribution in [0.25, 0.3) is 0 Å². The van der Waals surface area contributed by atoms with E-state index < -0.39 is 42.4 Å². The van der Waals surface area contributed by atoms with Crippen molar-refractivity contribution in [3.05, 3.63) is 0 Å². The van der Waals surface area contributed by atoms with Crippen molar-refractivity contribution >= 4 is 29.6 Å². The largest absolute Gasteiger partial charge is 0.478 e. The number of carboxylic acids is 2. The molecule has 0 aromatic carbocycles. The molecule has 0 fully saturated rings. The first kappa shape index (κ1) is 24.6. The number of aliphatic carboxylic acids is 2. The van der Waals surface area contributed by atoms with E-state index in [2.05, 4.69) is 10.1 Å². The Kier molecular flexibility index (Phi) is 12.5. The van der Waals surface area contributed by atoms with Gasteiger partial charge in [0.05, 0.1) is 12.5 Å². The molecular weight excluding hydrogens is 358 g/mol. The highest BCUT2D eigenvalue weighted by atomic mass is 16.6. The zero-order chi connectivity index (χ0) is 20.8. The van der Waals surface area contributed by atoms with Gasteiger partial charge in [-0.1, -0.05) is 39.5 Å². The number of Topliss-reactive ketones (excluding diaryl/α,β-unsaturated/α-hetero) is 1. The number of ether oxygens (including phenoxy) is 1. The van der Waals surface area contributed by atoms with Gasteiger partial charge in [-0.25, -0.2) is 9.59 Å². The fraction of sp³-hybridized carbons (Fsp3) is 0.722. The highest BCUT2D eigenvalue weighted by Gasteiger charge is 2.32. The number of unbranched alkanes of at least 4 members (excludes halogenated alkanes) is 4. The third-order valence-corrected chi connectivity index (χ3v) is 3.83. The van der Waals surface area contributed by atoms with E-state index in [0.29, 0.717) is 12.8 Å². The quantitative estimate of drug-likeness (QED) is 0.218. The summed E-state index contributed by atoms with van der Waals surface area (Å²) in [5, 5.41) is 20.0. The van der Waals surface area contributed by atoms with Gasteiger partial charge in [-0.3, -0.25) is 14.4 Å². The molecule has 9 heteroatoms. The summed E-state index contributed by atoms with van der Waals surface area (Å²) >= 11 is 0. The number of esters is 1. The van der Waals surface area contributed by atoms with Gasteiger partial charge in [-0.05, 0) is 12.8 Å². The predicted molar refractivity (Wildman–Crippen MR) is 95.0 cm³/mol. The van der Waals surface area contributed by atoms with Crippen molar-refractivity contribution in [3.8, 4) is 0 Å². The fourth-order valence-corrected chi connectivity index (χ4v) is 2.32. The summed E-state index contributed by atoms with van der Waals surface area (Å²) in [6.07, 6.45) is 2.11. The van der Waals surface area contributed by atoms with Crippen molar-refractivity contribution in [2.45, 2.75) is 83.8 Å². The van der Waals surface area contributed by atoms with Crippen LogP contribution in [0, 0.1) is 0 Å². The Balaban J connectivity index is 4.92. The van der Waals surface area contributed by atoms with Gasteiger partial charge in [-0.2, -0.15) is 0 Å². The Labute approximate surface area is 158 Å². The minimum absolute atomic E-state index is 0.155. The normalized spacial score (nSPS) is 11.7. The lowest BCUT2D eigenvalue weighted by Crippen LogP contribution is -2.44. The van der Waals surface area contributed by atoms with Crippen LogP contribution in [-0.2, 0) is 28.7 Å². The maximum Gasteiger partial charge on any atom is 0.356 e. The highest BCUT2D eigenvalue weighted by molar-refractivity contribution is 5.98. The van der Waals surface area contributed by atoms with Crippen LogP contribution in [0.3, 0.4) is 0 Å². The van der Waals surface area contributed by atoms with Gasteiger partial charge >= 0.3 is 17.9 Å². The Bertz CT molecular complexity index is 517. The minimum Gasteiger partial charge on any atom is -0.478 e. The average Bonchev–Trinajstić information content (AvgIpc) is 2.58. The van der Waals surface area contributed by atoms with Crippen LogP contribution < -0.4 is 5.32 Å². The SMILES string of the molecule is CCCCCC(=O)NC(CC(=O)OC(C(=O)O)C(=O)O)C(=O)CCCCC. The molecule has 0 saturated carbocycles. The van der Waals surface area contributed by atoms with E-state index in [0.717, 1.165) is 25.7 Å². The van der Waals surface area contributed by atoms with Crippen molar-refractivity contribution in [1.82, 2.24) is 5.32 Å². The monoisotopic (exact) mass is 387 g/mol. The summed E-state index contributed by atoms with van der Waals surface area (Å²) in [6.45, 7) is 3.95. The van der Waals surface area contributed by atoms with Gasteiger partial charge in [0.25, 0.3) is 6.10 Å². The van der Waals surface area contributed by atoms with Crippen LogP contribution >= 0.6 is 0 Å². The van der Waals surface area contributed by atoms with Crippen molar-refractivity contribution in [3.63, 3.8) is 0 Å². The van der Waals surface area contributed by atoms with Crippen molar-refractivity contribution < 1.29 is 38.9 Å². The lowest BCUT2D eigenvalue weighted by molar-refractivity contribution is -0.175. The molecule has 0 aromatic heterocycles. The fourth-order valence-electron chi connectivity index (χ4n) is 2.32. The smallest absolute Gasteiger partial charge is 0.356 e. The standard InChI is InChI=1S/C18H29NO8/c1-3-5-7-9-13(20)12(19-14(21)10-8-6-4-2)11-15(22)27-16(17(23)24)18(25)26/h12,16H,3-11H2,1-2H3,(H,19,21)(H,23,24)(H,25,26). The summed E-state index contributed by atoms with van der Waals surface area (Å²) in [5.41, 5.74) is 0. The molecule has 0 heterocycles. The van der Waals surface area contributed by atoms with E-state index in [1.807, 2.05) is 13.8 Å². The molecular formula is C18H29NO8. The number of carbonyl (C=O) groups excluding carboxylic acids is 3. The number of hydrogen-bond acceptors (Lipinski definition) is 6. The molecule has 154 valence electrons. The van der Waals surface area contributed by atoms with Gasteiger partial charge in [0, 0.05) is 12.8 Å². The number of ketones is 1. The molecule has 0 rings (SSSR count). The van der Waals surface area contributed by atoms with E-state index in [1.54, 1.807) is 0 Å². The summed E-state index contributed by atoms with van der Waals surface area (Å²) in [7, 11) is 0. The average molecular weight is 387 g/mol. The number of amides is 1. The first-order valence-electron chi connectivity index (χ1n) is 9.20. The van der Waals surface area contributed by atoms with Crippen LogP contribution in [0.5, 0.6) is 0 Å². The topological polar surface area (TPSA) is 147 Å². The summed E-state index contributed by atoms with van der Waals surface area (Å²) in [6, 6.07) is -1.16. The van der Waals surface area contributed by atoms with Gasteiger partial charge in [0.2, 0.25) is 5.91 Å². The third kappa shape index (κ3) is 11.0. The van der Waals surface area contributed by atoms with E-state index in [9.17, 15) is 24.0 Å². The molecule has 9 nitrogen and oxygen atoms in total. The number of carboxylic acid groups (broad SMARTS) is 2. The number of nitrogens with one attached hydrogen (secondary N) is 1. The molecule has 3 N–H and O–H groups in total. The molecule has 0 aliphatic rings. The lowest BCUT2D eigenvalue weighted by atomic mass is 10.0. The summed E-state index contributed by atoms with van der Waals surface area (Å²) in [5.74, 6) is -5.59. The van der Waals surface area contributed by atoms with Crippen molar-refractivity contribution in [1.29, 1.82) is 0 Å². The molecule has 0 aromatic rings. The van der Waals surface area contributed by atoms with Crippen LogP contribution in [0.15, 0.2) is 0 Å². The maximum absolute atomic E-state index is 12.3. The third-order valence-electron chi connectivity index (χ3n) is 3.83. The van der Waals surface area contributed by atoms with Crippen LogP contribution in [-0.4, -0.2) is 52.0 Å². The second-order valence-corrected chi connectivity index (χ2v) is 6.25. The molecule has 0 saturated heterocycles. The van der Waals surface area contributed by atoms with E-state index >= 15 is 0 Å². The van der Waals surface area contributed by atoms with E-state index in [-0.39, 0.29) is 18.6 Å². The molecule has 1 amide bonds. The van der Waals surface area contributed by atoms with Gasteiger partial charge in [0.1, 0.15) is 0 Å².